The molecule has 0 bridgehead atoms. The van der Waals surface area contributed by atoms with Crippen LogP contribution in [-0.4, -0.2) is 94.4 Å². The number of rotatable bonds is 18. The number of carbonyl (C=O) groups is 5. The number of hydrogen-bond donors (Lipinski definition) is 3. The summed E-state index contributed by atoms with van der Waals surface area (Å²) in [6.45, 7) is 13.7. The zero-order chi connectivity index (χ0) is 38.7. The van der Waals surface area contributed by atoms with E-state index < -0.39 is 53.9 Å². The van der Waals surface area contributed by atoms with Crippen LogP contribution in [0.1, 0.15) is 108 Å². The molecule has 3 amide bonds. The first-order valence-electron chi connectivity index (χ1n) is 18.5. The van der Waals surface area contributed by atoms with Crippen molar-refractivity contribution in [3.05, 3.63) is 52.0 Å². The standard InChI is InChI=1S/C39H59N5O7S/c1-23(2)31(44(9)37(47)33(24(3)4)42-35(46)30-17-13-14-18-43(30)8)21-32(51-39(50)25(5)6)36-41-29(22-52-36)34(45)40-28(19-26(7)38(48)49)20-27-15-11-10-12-16-27/h10-12,15-16,22-26,28,30-33H,13-14,17-21H2,1-9H3,(H,40,45)(H,42,46)(H,48,49)/t26-,28+,30+,31+,32+,33-/m0/s1. The van der Waals surface area contributed by atoms with Gasteiger partial charge in [-0.25, -0.2) is 4.98 Å². The fourth-order valence-electron chi connectivity index (χ4n) is 6.54. The zero-order valence-electron chi connectivity index (χ0n) is 32.3. The maximum Gasteiger partial charge on any atom is 0.309 e. The van der Waals surface area contributed by atoms with E-state index >= 15 is 0 Å². The number of carboxylic acids is 1. The van der Waals surface area contributed by atoms with Crippen LogP contribution in [0.25, 0.3) is 0 Å². The highest BCUT2D eigenvalue weighted by Crippen LogP contribution is 2.32. The number of likely N-dealkylation sites (N-methyl/N-ethyl adjacent to an activating group) is 2. The molecular weight excluding hydrogens is 683 g/mol. The summed E-state index contributed by atoms with van der Waals surface area (Å²) < 4.78 is 6.00. The third-order valence-corrected chi connectivity index (χ3v) is 10.8. The lowest BCUT2D eigenvalue weighted by molar-refractivity contribution is -0.155. The Kier molecular flexibility index (Phi) is 16.2. The van der Waals surface area contributed by atoms with Gasteiger partial charge in [-0.1, -0.05) is 85.2 Å². The average Bonchev–Trinajstić information content (AvgIpc) is 3.59. The van der Waals surface area contributed by atoms with Gasteiger partial charge in [0, 0.05) is 30.9 Å². The molecule has 12 nitrogen and oxygen atoms in total. The molecule has 3 rings (SSSR count). The van der Waals surface area contributed by atoms with Crippen LogP contribution in [0.5, 0.6) is 0 Å². The minimum atomic E-state index is -0.944. The molecule has 3 N–H and O–H groups in total. The number of carbonyl (C=O) groups excluding carboxylic acids is 4. The number of nitrogens with zero attached hydrogens (tertiary/aromatic N) is 3. The van der Waals surface area contributed by atoms with E-state index in [1.165, 1.54) is 11.3 Å². The molecule has 288 valence electrons. The minimum Gasteiger partial charge on any atom is -0.481 e. The second-order valence-corrected chi connectivity index (χ2v) is 16.1. The van der Waals surface area contributed by atoms with Crippen LogP contribution < -0.4 is 10.6 Å². The number of amides is 3. The molecule has 1 aliphatic heterocycles. The van der Waals surface area contributed by atoms with Crippen molar-refractivity contribution in [2.24, 2.45) is 23.7 Å². The molecule has 2 heterocycles. The van der Waals surface area contributed by atoms with Gasteiger partial charge in [0.1, 0.15) is 16.7 Å². The van der Waals surface area contributed by atoms with Crippen molar-refractivity contribution in [1.82, 2.24) is 25.4 Å². The first-order valence-corrected chi connectivity index (χ1v) is 19.4. The van der Waals surface area contributed by atoms with Gasteiger partial charge in [0.2, 0.25) is 11.8 Å². The van der Waals surface area contributed by atoms with Gasteiger partial charge >= 0.3 is 11.9 Å². The van der Waals surface area contributed by atoms with Crippen LogP contribution in [-0.2, 0) is 30.3 Å². The van der Waals surface area contributed by atoms with Crippen molar-refractivity contribution in [2.75, 3.05) is 20.6 Å². The van der Waals surface area contributed by atoms with Crippen molar-refractivity contribution in [2.45, 2.75) is 117 Å². The van der Waals surface area contributed by atoms with E-state index in [2.05, 4.69) is 15.6 Å². The summed E-state index contributed by atoms with van der Waals surface area (Å²) in [6, 6.07) is 7.66. The Labute approximate surface area is 313 Å². The number of carboxylic acid groups (broad SMARTS) is 1. The number of nitrogens with one attached hydrogen (secondary N) is 2. The van der Waals surface area contributed by atoms with Gasteiger partial charge in [0.05, 0.1) is 17.9 Å². The second kappa shape index (κ2) is 19.8. The van der Waals surface area contributed by atoms with Crippen LogP contribution in [0.15, 0.2) is 35.7 Å². The molecule has 1 aromatic carbocycles. The summed E-state index contributed by atoms with van der Waals surface area (Å²) in [5, 5.41) is 17.6. The minimum absolute atomic E-state index is 0.0557. The van der Waals surface area contributed by atoms with E-state index in [0.717, 1.165) is 31.4 Å². The molecule has 1 saturated heterocycles. The number of hydrogen-bond acceptors (Lipinski definition) is 9. The molecule has 0 unspecified atom stereocenters. The molecule has 6 atom stereocenters. The smallest absolute Gasteiger partial charge is 0.309 e. The monoisotopic (exact) mass is 741 g/mol. The van der Waals surface area contributed by atoms with Crippen LogP contribution in [0, 0.1) is 23.7 Å². The number of aliphatic carboxylic acids is 1. The molecule has 1 aliphatic rings. The van der Waals surface area contributed by atoms with Crippen molar-refractivity contribution in [3.63, 3.8) is 0 Å². The molecule has 0 radical (unpaired) electrons. The van der Waals surface area contributed by atoms with Gasteiger partial charge in [-0.3, -0.25) is 28.9 Å². The summed E-state index contributed by atoms with van der Waals surface area (Å²) in [5.74, 6) is -3.53. The van der Waals surface area contributed by atoms with Crippen molar-refractivity contribution < 1.29 is 33.8 Å². The van der Waals surface area contributed by atoms with Crippen LogP contribution in [0.3, 0.4) is 0 Å². The molecule has 1 fully saturated rings. The first kappa shape index (κ1) is 42.6. The third kappa shape index (κ3) is 12.1. The maximum atomic E-state index is 14.1. The van der Waals surface area contributed by atoms with Gasteiger partial charge in [0.25, 0.3) is 5.91 Å². The van der Waals surface area contributed by atoms with Gasteiger partial charge in [-0.05, 0) is 56.7 Å². The number of thiazole rings is 1. The molecule has 0 saturated carbocycles. The van der Waals surface area contributed by atoms with E-state index in [4.69, 9.17) is 4.74 Å². The Morgan fingerprint density at radius 3 is 2.23 bits per heavy atom. The SMILES string of the molecule is CC(C)C(=O)O[C@H](C[C@H](C(C)C)N(C)C(=O)[C@@H](NC(=O)[C@H]1CCCCN1C)C(C)C)c1nc(C(=O)N[C@@H](Cc2ccccc2)C[C@H](C)C(=O)O)cs1. The average molecular weight is 742 g/mol. The molecule has 52 heavy (non-hydrogen) atoms. The fourth-order valence-corrected chi connectivity index (χ4v) is 7.38. The normalized spacial score (nSPS) is 18.0. The summed E-state index contributed by atoms with van der Waals surface area (Å²) in [6.07, 6.45) is 2.81. The van der Waals surface area contributed by atoms with E-state index in [-0.39, 0.29) is 48.2 Å². The first-order chi connectivity index (χ1) is 24.5. The highest BCUT2D eigenvalue weighted by atomic mass is 32.1. The number of aromatic nitrogens is 1. The molecule has 0 spiro atoms. The largest absolute Gasteiger partial charge is 0.481 e. The van der Waals surface area contributed by atoms with Crippen molar-refractivity contribution >= 4 is 41.0 Å². The quantitative estimate of drug-likeness (QED) is 0.172. The van der Waals surface area contributed by atoms with E-state index in [9.17, 15) is 29.1 Å². The second-order valence-electron chi connectivity index (χ2n) is 15.2. The Hall–Kier alpha value is -3.84. The predicted octanol–water partition coefficient (Wildman–Crippen LogP) is 5.33. The lowest BCUT2D eigenvalue weighted by Crippen LogP contribution is -2.57. The Bertz CT molecular complexity index is 1500. The summed E-state index contributed by atoms with van der Waals surface area (Å²) in [5.41, 5.74) is 1.09. The predicted molar refractivity (Wildman–Crippen MR) is 202 cm³/mol. The van der Waals surface area contributed by atoms with Crippen LogP contribution in [0.2, 0.25) is 0 Å². The van der Waals surface area contributed by atoms with E-state index in [0.29, 0.717) is 11.4 Å². The van der Waals surface area contributed by atoms with Crippen LogP contribution in [0.4, 0.5) is 0 Å². The van der Waals surface area contributed by atoms with E-state index in [1.54, 1.807) is 38.1 Å². The number of likely N-dealkylation sites (tertiary alicyclic amines) is 1. The Morgan fingerprint density at radius 2 is 1.65 bits per heavy atom. The number of benzene rings is 1. The zero-order valence-corrected chi connectivity index (χ0v) is 33.1. The van der Waals surface area contributed by atoms with Gasteiger partial charge in [-0.2, -0.15) is 0 Å². The van der Waals surface area contributed by atoms with Gasteiger partial charge in [0.15, 0.2) is 6.10 Å². The highest BCUT2D eigenvalue weighted by Gasteiger charge is 2.37. The van der Waals surface area contributed by atoms with Gasteiger partial charge < -0.3 is 25.4 Å². The highest BCUT2D eigenvalue weighted by molar-refractivity contribution is 7.09. The molecule has 2 aromatic rings. The van der Waals surface area contributed by atoms with Crippen LogP contribution >= 0.6 is 11.3 Å². The fraction of sp³-hybridized carbons (Fsp3) is 0.641. The topological polar surface area (TPSA) is 158 Å². The van der Waals surface area contributed by atoms with E-state index in [1.807, 2.05) is 70.0 Å². The lowest BCUT2D eigenvalue weighted by Gasteiger charge is -2.38. The third-order valence-electron chi connectivity index (χ3n) is 9.85. The number of esters is 1. The molecule has 1 aromatic heterocycles. The summed E-state index contributed by atoms with van der Waals surface area (Å²) >= 11 is 1.19. The number of piperidine rings is 1. The Morgan fingerprint density at radius 1 is 0.981 bits per heavy atom. The van der Waals surface area contributed by atoms with Crippen molar-refractivity contribution in [1.29, 1.82) is 0 Å². The summed E-state index contributed by atoms with van der Waals surface area (Å²) in [4.78, 5) is 74.0. The molecule has 0 aliphatic carbocycles. The summed E-state index contributed by atoms with van der Waals surface area (Å²) in [7, 11) is 3.65. The number of ether oxygens (including phenoxy) is 1. The maximum absolute atomic E-state index is 14.1. The van der Waals surface area contributed by atoms with Crippen molar-refractivity contribution in [3.8, 4) is 0 Å². The molecular formula is C39H59N5O7S. The Balaban J connectivity index is 1.84. The molecule has 13 heteroatoms. The van der Waals surface area contributed by atoms with Gasteiger partial charge in [-0.15, -0.1) is 11.3 Å². The lowest BCUT2D eigenvalue weighted by atomic mass is 9.94.